The van der Waals surface area contributed by atoms with Crippen molar-refractivity contribution in [2.24, 2.45) is 0 Å². The SMILES string of the molecule is Cc1cn(CC(NC2CCSC2=O)C(=O)NC(C)(C)C)c(=O)[nH]c1=O. The zero-order chi connectivity index (χ0) is 18.8. The van der Waals surface area contributed by atoms with Crippen LogP contribution >= 0.6 is 11.8 Å². The Hall–Kier alpha value is -1.87. The summed E-state index contributed by atoms with van der Waals surface area (Å²) in [6.07, 6.45) is 2.06. The molecule has 0 radical (unpaired) electrons. The molecule has 1 saturated heterocycles. The molecule has 0 aromatic carbocycles. The van der Waals surface area contributed by atoms with Gasteiger partial charge in [-0.25, -0.2) is 4.79 Å². The number of aryl methyl sites for hydroxylation is 1. The van der Waals surface area contributed by atoms with Crippen molar-refractivity contribution in [2.75, 3.05) is 5.75 Å². The molecule has 0 saturated carbocycles. The van der Waals surface area contributed by atoms with Crippen molar-refractivity contribution in [2.45, 2.75) is 58.3 Å². The number of aromatic nitrogens is 2. The van der Waals surface area contributed by atoms with E-state index in [1.165, 1.54) is 22.5 Å². The standard InChI is InChI=1S/C16H24N4O4S/c1-9-7-20(15(24)18-12(9)21)8-11(13(22)19-16(2,3)4)17-10-5-6-25-14(10)23/h7,10-11,17H,5-6,8H2,1-4H3,(H,19,22)(H,18,21,24). The van der Waals surface area contributed by atoms with E-state index in [-0.39, 0.29) is 17.6 Å². The van der Waals surface area contributed by atoms with E-state index >= 15 is 0 Å². The third-order valence-electron chi connectivity index (χ3n) is 3.72. The zero-order valence-corrected chi connectivity index (χ0v) is 15.7. The van der Waals surface area contributed by atoms with E-state index in [0.717, 1.165) is 0 Å². The second-order valence-corrected chi connectivity index (χ2v) is 8.29. The number of rotatable bonds is 5. The van der Waals surface area contributed by atoms with Gasteiger partial charge in [0.1, 0.15) is 6.04 Å². The number of nitrogens with one attached hydrogen (secondary N) is 3. The molecule has 1 aliphatic rings. The predicted octanol–water partition coefficient (Wildman–Crippen LogP) is -0.250. The number of hydrogen-bond acceptors (Lipinski definition) is 6. The van der Waals surface area contributed by atoms with Crippen LogP contribution in [0.25, 0.3) is 0 Å². The Morgan fingerprint density at radius 2 is 2.08 bits per heavy atom. The van der Waals surface area contributed by atoms with Crippen LogP contribution < -0.4 is 21.9 Å². The first-order valence-electron chi connectivity index (χ1n) is 8.12. The molecule has 1 aliphatic heterocycles. The molecule has 1 amide bonds. The first kappa shape index (κ1) is 19.5. The van der Waals surface area contributed by atoms with Crippen LogP contribution in [-0.4, -0.2) is 43.9 Å². The summed E-state index contributed by atoms with van der Waals surface area (Å²) in [5.74, 6) is 0.412. The second-order valence-electron chi connectivity index (χ2n) is 7.19. The number of aromatic amines is 1. The molecular formula is C16H24N4O4S. The summed E-state index contributed by atoms with van der Waals surface area (Å²) in [5.41, 5.74) is -1.11. The number of thioether (sulfide) groups is 1. The molecule has 25 heavy (non-hydrogen) atoms. The molecule has 0 bridgehead atoms. The fourth-order valence-corrected chi connectivity index (χ4v) is 3.45. The third-order valence-corrected chi connectivity index (χ3v) is 4.73. The maximum atomic E-state index is 12.6. The average molecular weight is 368 g/mol. The molecule has 9 heteroatoms. The van der Waals surface area contributed by atoms with E-state index < -0.39 is 28.9 Å². The quantitative estimate of drug-likeness (QED) is 0.661. The summed E-state index contributed by atoms with van der Waals surface area (Å²) >= 11 is 1.24. The second kappa shape index (κ2) is 7.57. The van der Waals surface area contributed by atoms with Gasteiger partial charge in [-0.2, -0.15) is 0 Å². The number of hydrogen-bond donors (Lipinski definition) is 3. The lowest BCUT2D eigenvalue weighted by atomic mass is 10.1. The van der Waals surface area contributed by atoms with Gasteiger partial charge >= 0.3 is 5.69 Å². The number of H-pyrrole nitrogens is 1. The zero-order valence-electron chi connectivity index (χ0n) is 14.8. The van der Waals surface area contributed by atoms with Crippen LogP contribution in [0.5, 0.6) is 0 Å². The molecule has 3 N–H and O–H groups in total. The Kier molecular flexibility index (Phi) is 5.89. The highest BCUT2D eigenvalue weighted by molar-refractivity contribution is 8.14. The largest absolute Gasteiger partial charge is 0.350 e. The Bertz CT molecular complexity index is 778. The van der Waals surface area contributed by atoms with Gasteiger partial charge in [-0.3, -0.25) is 29.3 Å². The highest BCUT2D eigenvalue weighted by atomic mass is 32.2. The van der Waals surface area contributed by atoms with E-state index in [0.29, 0.717) is 17.7 Å². The number of carbonyl (C=O) groups is 2. The third kappa shape index (κ3) is 5.30. The number of amides is 1. The van der Waals surface area contributed by atoms with Crippen LogP contribution in [0.4, 0.5) is 0 Å². The molecule has 2 rings (SSSR count). The van der Waals surface area contributed by atoms with Crippen molar-refractivity contribution < 1.29 is 9.59 Å². The molecule has 138 valence electrons. The van der Waals surface area contributed by atoms with Gasteiger partial charge < -0.3 is 5.32 Å². The van der Waals surface area contributed by atoms with Crippen molar-refractivity contribution in [3.05, 3.63) is 32.6 Å². The lowest BCUT2D eigenvalue weighted by molar-refractivity contribution is -0.125. The minimum atomic E-state index is -0.769. The monoisotopic (exact) mass is 368 g/mol. The van der Waals surface area contributed by atoms with E-state index in [4.69, 9.17) is 0 Å². The molecule has 1 fully saturated rings. The molecule has 2 unspecified atom stereocenters. The highest BCUT2D eigenvalue weighted by Gasteiger charge is 2.31. The highest BCUT2D eigenvalue weighted by Crippen LogP contribution is 2.20. The minimum Gasteiger partial charge on any atom is -0.350 e. The van der Waals surface area contributed by atoms with Gasteiger partial charge in [-0.1, -0.05) is 11.8 Å². The first-order valence-corrected chi connectivity index (χ1v) is 9.10. The summed E-state index contributed by atoms with van der Waals surface area (Å²) in [6, 6.07) is -1.19. The van der Waals surface area contributed by atoms with Crippen LogP contribution in [0, 0.1) is 6.92 Å². The van der Waals surface area contributed by atoms with Gasteiger partial charge in [0, 0.05) is 23.1 Å². The van der Waals surface area contributed by atoms with Crippen LogP contribution in [-0.2, 0) is 16.1 Å². The van der Waals surface area contributed by atoms with E-state index in [9.17, 15) is 19.2 Å². The summed E-state index contributed by atoms with van der Waals surface area (Å²) < 4.78 is 1.28. The fraction of sp³-hybridized carbons (Fsp3) is 0.625. The van der Waals surface area contributed by atoms with E-state index in [1.54, 1.807) is 6.92 Å². The van der Waals surface area contributed by atoms with Gasteiger partial charge in [-0.05, 0) is 34.1 Å². The van der Waals surface area contributed by atoms with Gasteiger partial charge in [0.25, 0.3) is 5.56 Å². The Morgan fingerprint density at radius 1 is 1.40 bits per heavy atom. The lowest BCUT2D eigenvalue weighted by Gasteiger charge is -2.27. The van der Waals surface area contributed by atoms with Crippen LogP contribution in [0.3, 0.4) is 0 Å². The van der Waals surface area contributed by atoms with Gasteiger partial charge in [-0.15, -0.1) is 0 Å². The molecule has 8 nitrogen and oxygen atoms in total. The van der Waals surface area contributed by atoms with Gasteiger partial charge in [0.2, 0.25) is 11.0 Å². The summed E-state index contributed by atoms with van der Waals surface area (Å²) in [4.78, 5) is 50.3. The molecule has 1 aromatic rings. The smallest absolute Gasteiger partial charge is 0.328 e. The average Bonchev–Trinajstić information content (AvgIpc) is 2.87. The number of nitrogens with zero attached hydrogens (tertiary/aromatic N) is 1. The molecule has 2 heterocycles. The fourth-order valence-electron chi connectivity index (χ4n) is 2.51. The molecule has 1 aromatic heterocycles. The molecule has 2 atom stereocenters. The van der Waals surface area contributed by atoms with Crippen molar-refractivity contribution >= 4 is 22.8 Å². The summed E-state index contributed by atoms with van der Waals surface area (Å²) in [5, 5.41) is 5.93. The first-order chi connectivity index (χ1) is 11.6. The van der Waals surface area contributed by atoms with Gasteiger partial charge in [0.15, 0.2) is 0 Å². The van der Waals surface area contributed by atoms with Crippen LogP contribution in [0.1, 0.15) is 32.8 Å². The maximum absolute atomic E-state index is 12.6. The van der Waals surface area contributed by atoms with Crippen molar-refractivity contribution in [3.8, 4) is 0 Å². The maximum Gasteiger partial charge on any atom is 0.328 e. The van der Waals surface area contributed by atoms with Crippen molar-refractivity contribution in [1.29, 1.82) is 0 Å². The van der Waals surface area contributed by atoms with Crippen molar-refractivity contribution in [1.82, 2.24) is 20.2 Å². The van der Waals surface area contributed by atoms with Gasteiger partial charge in [0.05, 0.1) is 12.6 Å². The molecule has 0 aliphatic carbocycles. The van der Waals surface area contributed by atoms with E-state index in [1.807, 2.05) is 20.8 Å². The van der Waals surface area contributed by atoms with Crippen LogP contribution in [0.2, 0.25) is 0 Å². The lowest BCUT2D eigenvalue weighted by Crippen LogP contribution is -2.56. The minimum absolute atomic E-state index is 0.00134. The predicted molar refractivity (Wildman–Crippen MR) is 96.7 cm³/mol. The normalized spacial score (nSPS) is 19.0. The molecular weight excluding hydrogens is 344 g/mol. The number of carbonyl (C=O) groups excluding carboxylic acids is 2. The van der Waals surface area contributed by atoms with Crippen LogP contribution in [0.15, 0.2) is 15.8 Å². The Labute approximate surface area is 149 Å². The summed E-state index contributed by atoms with van der Waals surface area (Å²) in [6.45, 7) is 7.18. The molecule has 0 spiro atoms. The Balaban J connectivity index is 2.26. The Morgan fingerprint density at radius 3 is 2.64 bits per heavy atom. The van der Waals surface area contributed by atoms with E-state index in [2.05, 4.69) is 15.6 Å². The van der Waals surface area contributed by atoms with Crippen molar-refractivity contribution in [3.63, 3.8) is 0 Å². The topological polar surface area (TPSA) is 113 Å². The summed E-state index contributed by atoms with van der Waals surface area (Å²) in [7, 11) is 0.